The lowest BCUT2D eigenvalue weighted by Crippen LogP contribution is -2.65. The van der Waals surface area contributed by atoms with Crippen LogP contribution in [0.25, 0.3) is 0 Å². The molecule has 0 radical (unpaired) electrons. The topological polar surface area (TPSA) is 116 Å². The van der Waals surface area contributed by atoms with E-state index in [1.165, 1.54) is 16.7 Å². The van der Waals surface area contributed by atoms with E-state index in [-0.39, 0.29) is 34.4 Å². The summed E-state index contributed by atoms with van der Waals surface area (Å²) in [5.74, 6) is 0.671. The second kappa shape index (κ2) is 9.87. The van der Waals surface area contributed by atoms with Gasteiger partial charge < -0.3 is 29.9 Å². The number of ether oxygens (including phenoxy) is 2. The van der Waals surface area contributed by atoms with Gasteiger partial charge in [0.1, 0.15) is 18.3 Å². The predicted molar refractivity (Wildman–Crippen MR) is 159 cm³/mol. The Hall–Kier alpha value is -1.25. The van der Waals surface area contributed by atoms with Crippen LogP contribution in [0.15, 0.2) is 22.8 Å². The van der Waals surface area contributed by atoms with Gasteiger partial charge in [0.05, 0.1) is 18.1 Å². The SMILES string of the molecule is CC1=C2C3=CCC4C5(C)CCC(OC6OCC(O)C(O)C6O)C(C)(C)C5CCC4(C)C3(C)CCC2(C(=O)O)CCC1C. The molecular formula is C35H54O7. The molecule has 0 bridgehead atoms. The maximum atomic E-state index is 12.9. The zero-order valence-corrected chi connectivity index (χ0v) is 26.8. The molecule has 7 heteroatoms. The normalized spacial score (nSPS) is 51.9. The van der Waals surface area contributed by atoms with Crippen LogP contribution in [0, 0.1) is 44.8 Å². The average molecular weight is 587 g/mol. The molecule has 6 rings (SSSR count). The van der Waals surface area contributed by atoms with Crippen molar-refractivity contribution in [1.82, 2.24) is 0 Å². The van der Waals surface area contributed by atoms with Gasteiger partial charge in [0.25, 0.3) is 0 Å². The Morgan fingerprint density at radius 3 is 2.33 bits per heavy atom. The van der Waals surface area contributed by atoms with Crippen molar-refractivity contribution in [2.75, 3.05) is 6.61 Å². The molecule has 12 atom stereocenters. The van der Waals surface area contributed by atoms with Gasteiger partial charge in [0.2, 0.25) is 0 Å². The number of hydrogen-bond donors (Lipinski definition) is 4. The summed E-state index contributed by atoms with van der Waals surface area (Å²) in [7, 11) is 0. The van der Waals surface area contributed by atoms with Gasteiger partial charge in [-0.3, -0.25) is 4.79 Å². The highest BCUT2D eigenvalue weighted by atomic mass is 16.7. The van der Waals surface area contributed by atoms with E-state index in [4.69, 9.17) is 9.47 Å². The zero-order valence-electron chi connectivity index (χ0n) is 26.8. The standard InChI is InChI=1S/C35H54O7/c1-19-10-15-35(30(39)40)17-16-33(6)21(26(35)20(19)2)8-9-24-32(5)13-12-25(31(3,4)23(32)11-14-34(24,33)7)42-29-28(38)27(37)22(36)18-41-29/h8,19,22-25,27-29,36-38H,9-18H2,1-7H3,(H,39,40). The third-order valence-electron chi connectivity index (χ3n) is 14.5. The Morgan fingerprint density at radius 2 is 1.64 bits per heavy atom. The lowest BCUT2D eigenvalue weighted by molar-refractivity contribution is -0.308. The van der Waals surface area contributed by atoms with Crippen molar-refractivity contribution in [3.05, 3.63) is 22.8 Å². The summed E-state index contributed by atoms with van der Waals surface area (Å²) in [5, 5.41) is 41.3. The predicted octanol–water partition coefficient (Wildman–Crippen LogP) is 5.62. The van der Waals surface area contributed by atoms with E-state index in [1.54, 1.807) is 0 Å². The second-order valence-corrected chi connectivity index (χ2v) is 16.4. The number of fused-ring (bicyclic) bond motifs is 7. The summed E-state index contributed by atoms with van der Waals surface area (Å²) in [6, 6.07) is 0. The number of aliphatic hydroxyl groups is 3. The molecule has 5 aliphatic carbocycles. The molecule has 0 spiro atoms. The average Bonchev–Trinajstić information content (AvgIpc) is 2.92. The maximum Gasteiger partial charge on any atom is 0.314 e. The number of aliphatic carboxylic acids is 1. The fourth-order valence-electron chi connectivity index (χ4n) is 11.5. The molecule has 4 N–H and O–H groups in total. The van der Waals surface area contributed by atoms with E-state index in [1.807, 2.05) is 0 Å². The minimum atomic E-state index is -1.28. The summed E-state index contributed by atoms with van der Waals surface area (Å²) >= 11 is 0. The molecule has 0 aromatic rings. The van der Waals surface area contributed by atoms with Gasteiger partial charge in [-0.25, -0.2) is 0 Å². The maximum absolute atomic E-state index is 12.9. The number of carboxylic acids is 1. The fourth-order valence-corrected chi connectivity index (χ4v) is 11.5. The number of hydrogen-bond acceptors (Lipinski definition) is 6. The molecule has 0 aromatic heterocycles. The van der Waals surface area contributed by atoms with Crippen molar-refractivity contribution in [3.63, 3.8) is 0 Å². The highest BCUT2D eigenvalue weighted by Gasteiger charge is 2.68. The molecule has 42 heavy (non-hydrogen) atoms. The first-order valence-electron chi connectivity index (χ1n) is 16.5. The molecule has 12 unspecified atom stereocenters. The molecule has 1 heterocycles. The molecule has 7 nitrogen and oxygen atoms in total. The van der Waals surface area contributed by atoms with Gasteiger partial charge in [-0.1, -0.05) is 53.2 Å². The van der Waals surface area contributed by atoms with Crippen molar-refractivity contribution in [1.29, 1.82) is 0 Å². The van der Waals surface area contributed by atoms with Crippen LogP contribution in [0.5, 0.6) is 0 Å². The van der Waals surface area contributed by atoms with E-state index in [9.17, 15) is 25.2 Å². The monoisotopic (exact) mass is 586 g/mol. The molecular weight excluding hydrogens is 532 g/mol. The Labute approximate surface area is 251 Å². The Morgan fingerprint density at radius 1 is 0.929 bits per heavy atom. The number of carbonyl (C=O) groups is 1. The van der Waals surface area contributed by atoms with Crippen molar-refractivity contribution in [2.24, 2.45) is 44.8 Å². The zero-order chi connectivity index (χ0) is 30.6. The van der Waals surface area contributed by atoms with Crippen LogP contribution in [-0.4, -0.2) is 63.7 Å². The largest absolute Gasteiger partial charge is 0.481 e. The molecule has 236 valence electrons. The summed E-state index contributed by atoms with van der Waals surface area (Å²) in [5.41, 5.74) is 3.00. The van der Waals surface area contributed by atoms with E-state index < -0.39 is 36.0 Å². The van der Waals surface area contributed by atoms with Gasteiger partial charge in [0.15, 0.2) is 6.29 Å². The van der Waals surface area contributed by atoms with Crippen molar-refractivity contribution in [3.8, 4) is 0 Å². The Kier molecular flexibility index (Phi) is 7.23. The van der Waals surface area contributed by atoms with E-state index in [0.29, 0.717) is 17.8 Å². The third-order valence-corrected chi connectivity index (χ3v) is 14.5. The minimum absolute atomic E-state index is 0.0529. The Balaban J connectivity index is 1.33. The molecule has 1 saturated heterocycles. The van der Waals surface area contributed by atoms with Crippen LogP contribution >= 0.6 is 0 Å². The van der Waals surface area contributed by atoms with Crippen molar-refractivity contribution < 1.29 is 34.7 Å². The lowest BCUT2D eigenvalue weighted by Gasteiger charge is -2.70. The first kappa shape index (κ1) is 30.8. The molecule has 1 aliphatic heterocycles. The Bertz CT molecular complexity index is 1190. The van der Waals surface area contributed by atoms with Crippen LogP contribution in [0.3, 0.4) is 0 Å². The molecule has 3 saturated carbocycles. The summed E-state index contributed by atoms with van der Waals surface area (Å²) in [4.78, 5) is 12.9. The van der Waals surface area contributed by atoms with Crippen molar-refractivity contribution >= 4 is 5.97 Å². The highest BCUT2D eigenvalue weighted by Crippen LogP contribution is 2.75. The van der Waals surface area contributed by atoms with Crippen LogP contribution < -0.4 is 0 Å². The highest BCUT2D eigenvalue weighted by molar-refractivity contribution is 5.82. The molecule has 0 amide bonds. The van der Waals surface area contributed by atoms with Gasteiger partial charge in [-0.2, -0.15) is 0 Å². The van der Waals surface area contributed by atoms with Gasteiger partial charge in [-0.05, 0) is 115 Å². The lowest BCUT2D eigenvalue weighted by atomic mass is 9.34. The van der Waals surface area contributed by atoms with Crippen molar-refractivity contribution in [2.45, 2.75) is 137 Å². The first-order valence-corrected chi connectivity index (χ1v) is 16.5. The third kappa shape index (κ3) is 3.92. The summed E-state index contributed by atoms with van der Waals surface area (Å²) in [6.07, 6.45) is 6.07. The molecule has 4 fully saturated rings. The number of aliphatic hydroxyl groups excluding tert-OH is 3. The quantitative estimate of drug-likeness (QED) is 0.317. The first-order chi connectivity index (χ1) is 19.5. The number of rotatable bonds is 3. The van der Waals surface area contributed by atoms with Crippen LogP contribution in [0.1, 0.15) is 106 Å². The van der Waals surface area contributed by atoms with Gasteiger partial charge in [0, 0.05) is 0 Å². The van der Waals surface area contributed by atoms with Gasteiger partial charge >= 0.3 is 5.97 Å². The van der Waals surface area contributed by atoms with E-state index in [2.05, 4.69) is 54.5 Å². The van der Waals surface area contributed by atoms with E-state index >= 15 is 0 Å². The second-order valence-electron chi connectivity index (χ2n) is 16.4. The van der Waals surface area contributed by atoms with Gasteiger partial charge in [-0.15, -0.1) is 0 Å². The van der Waals surface area contributed by atoms with Crippen LogP contribution in [0.2, 0.25) is 0 Å². The van der Waals surface area contributed by atoms with E-state index in [0.717, 1.165) is 57.8 Å². The van der Waals surface area contributed by atoms with Crippen LogP contribution in [0.4, 0.5) is 0 Å². The number of carboxylic acid groups (broad SMARTS) is 1. The number of allylic oxidation sites excluding steroid dienone is 3. The van der Waals surface area contributed by atoms with Crippen LogP contribution in [-0.2, 0) is 14.3 Å². The summed E-state index contributed by atoms with van der Waals surface area (Å²) in [6.45, 7) is 16.5. The summed E-state index contributed by atoms with van der Waals surface area (Å²) < 4.78 is 12.1. The minimum Gasteiger partial charge on any atom is -0.481 e. The molecule has 6 aliphatic rings. The molecule has 0 aromatic carbocycles. The fraction of sp³-hybridized carbons (Fsp3) is 0.857. The smallest absolute Gasteiger partial charge is 0.314 e.